The minimum Gasteiger partial charge on any atom is -0.480 e. The number of carboxylic acid groups (broad SMARTS) is 1. The first-order chi connectivity index (χ1) is 5.06. The second kappa shape index (κ2) is 5.12. The third-order valence-electron chi connectivity index (χ3n) is 1.41. The molecule has 0 aromatic heterocycles. The summed E-state index contributed by atoms with van der Waals surface area (Å²) < 4.78 is -1.05. The molecule has 0 bridgehead atoms. The average Bonchev–Trinajstić information content (AvgIpc) is 1.88. The normalized spacial score (nSPS) is 11.5. The van der Waals surface area contributed by atoms with Crippen LogP contribution in [0.3, 0.4) is 0 Å². The van der Waals surface area contributed by atoms with Crippen LogP contribution in [0.2, 0.25) is 0 Å². The number of alkyl halides is 2. The molecule has 66 valence electrons. The van der Waals surface area contributed by atoms with Gasteiger partial charge in [-0.05, 0) is 12.8 Å². The van der Waals surface area contributed by atoms with Crippen LogP contribution in [0.5, 0.6) is 0 Å². The van der Waals surface area contributed by atoms with Crippen LogP contribution in [0.1, 0.15) is 12.8 Å². The Kier molecular flexibility index (Phi) is 5.30. The summed E-state index contributed by atoms with van der Waals surface area (Å²) in [7, 11) is 0. The Morgan fingerprint density at radius 3 is 1.91 bits per heavy atom. The van der Waals surface area contributed by atoms with Crippen molar-refractivity contribution >= 4 is 41.8 Å². The number of thiol groups is 1. The highest BCUT2D eigenvalue weighted by atomic mass is 35.5. The Morgan fingerprint density at radius 1 is 1.36 bits per heavy atom. The number of halogens is 2. The van der Waals surface area contributed by atoms with Crippen molar-refractivity contribution in [3.8, 4) is 0 Å². The molecular weight excluding hydrogens is 207 g/mol. The van der Waals surface area contributed by atoms with Crippen LogP contribution in [0.25, 0.3) is 0 Å². The second-order valence-corrected chi connectivity index (χ2v) is 3.83. The van der Waals surface area contributed by atoms with Crippen molar-refractivity contribution < 1.29 is 9.90 Å². The van der Waals surface area contributed by atoms with Crippen molar-refractivity contribution in [3.05, 3.63) is 0 Å². The molecule has 0 radical (unpaired) electrons. The van der Waals surface area contributed by atoms with Gasteiger partial charge in [0.1, 0.15) is 4.75 Å². The number of hydrogen-bond donors (Lipinski definition) is 2. The summed E-state index contributed by atoms with van der Waals surface area (Å²) in [6.45, 7) is 0. The van der Waals surface area contributed by atoms with Crippen molar-refractivity contribution in [2.24, 2.45) is 0 Å². The Hall–Kier alpha value is 0.400. The number of hydrogen-bond acceptors (Lipinski definition) is 2. The van der Waals surface area contributed by atoms with Gasteiger partial charge in [0.05, 0.1) is 0 Å². The van der Waals surface area contributed by atoms with Gasteiger partial charge in [0.25, 0.3) is 0 Å². The van der Waals surface area contributed by atoms with Gasteiger partial charge in [-0.15, -0.1) is 23.2 Å². The van der Waals surface area contributed by atoms with Gasteiger partial charge < -0.3 is 5.11 Å². The Balaban J connectivity index is 4.13. The third kappa shape index (κ3) is 3.54. The molecule has 0 aliphatic carbocycles. The van der Waals surface area contributed by atoms with Crippen molar-refractivity contribution in [2.75, 3.05) is 11.8 Å². The predicted octanol–water partition coefficient (Wildman–Crippen LogP) is 2.00. The zero-order chi connectivity index (χ0) is 8.91. The largest absolute Gasteiger partial charge is 0.480 e. The van der Waals surface area contributed by atoms with E-state index in [9.17, 15) is 4.79 Å². The van der Waals surface area contributed by atoms with Crippen molar-refractivity contribution in [1.29, 1.82) is 0 Å². The molecule has 0 aromatic carbocycles. The molecule has 0 fully saturated rings. The van der Waals surface area contributed by atoms with E-state index in [2.05, 4.69) is 12.6 Å². The fourth-order valence-corrected chi connectivity index (χ4v) is 1.78. The third-order valence-corrected chi connectivity index (χ3v) is 2.43. The average molecular weight is 217 g/mol. The van der Waals surface area contributed by atoms with Gasteiger partial charge in [-0.3, -0.25) is 4.79 Å². The molecule has 0 aromatic rings. The minimum atomic E-state index is -1.05. The SMILES string of the molecule is O=C(O)C(S)(CCCl)CCCl. The van der Waals surface area contributed by atoms with Gasteiger partial charge in [-0.2, -0.15) is 12.6 Å². The van der Waals surface area contributed by atoms with Crippen LogP contribution in [0, 0.1) is 0 Å². The lowest BCUT2D eigenvalue weighted by atomic mass is 10.0. The lowest BCUT2D eigenvalue weighted by Crippen LogP contribution is -2.33. The molecule has 2 nitrogen and oxygen atoms in total. The molecule has 0 aliphatic heterocycles. The first kappa shape index (κ1) is 11.4. The summed E-state index contributed by atoms with van der Waals surface area (Å²) >= 11 is 14.8. The van der Waals surface area contributed by atoms with Gasteiger partial charge in [0.15, 0.2) is 0 Å². The standard InChI is InChI=1S/C6H10Cl2O2S/c7-3-1-6(11,2-4-8)5(9)10/h11H,1-4H2,(H,9,10). The van der Waals surface area contributed by atoms with Crippen molar-refractivity contribution in [3.63, 3.8) is 0 Å². The summed E-state index contributed by atoms with van der Waals surface area (Å²) in [6, 6.07) is 0. The number of carboxylic acids is 1. The maximum Gasteiger partial charge on any atom is 0.319 e. The Labute approximate surface area is 81.3 Å². The quantitative estimate of drug-likeness (QED) is 0.545. The summed E-state index contributed by atoms with van der Waals surface area (Å²) in [5.74, 6) is -0.388. The van der Waals surface area contributed by atoms with Crippen LogP contribution in [0.4, 0.5) is 0 Å². The van der Waals surface area contributed by atoms with E-state index in [-0.39, 0.29) is 11.8 Å². The maximum atomic E-state index is 10.6. The monoisotopic (exact) mass is 216 g/mol. The highest BCUT2D eigenvalue weighted by molar-refractivity contribution is 7.82. The van der Waals surface area contributed by atoms with E-state index in [1.165, 1.54) is 0 Å². The zero-order valence-corrected chi connectivity index (χ0v) is 8.29. The van der Waals surface area contributed by atoms with Crippen LogP contribution in [0.15, 0.2) is 0 Å². The van der Waals surface area contributed by atoms with Gasteiger partial charge in [0, 0.05) is 11.8 Å². The Bertz CT molecular complexity index is 135. The first-order valence-corrected chi connectivity index (χ1v) is 4.66. The van der Waals surface area contributed by atoms with E-state index < -0.39 is 10.7 Å². The molecule has 0 spiro atoms. The molecule has 0 rings (SSSR count). The molecule has 0 saturated heterocycles. The molecule has 0 heterocycles. The van der Waals surface area contributed by atoms with Gasteiger partial charge in [-0.25, -0.2) is 0 Å². The number of carbonyl (C=O) groups is 1. The summed E-state index contributed by atoms with van der Waals surface area (Å²) in [5, 5.41) is 8.70. The van der Waals surface area contributed by atoms with Gasteiger partial charge >= 0.3 is 5.97 Å². The summed E-state index contributed by atoms with van der Waals surface area (Å²) in [4.78, 5) is 10.6. The number of rotatable bonds is 5. The lowest BCUT2D eigenvalue weighted by molar-refractivity contribution is -0.139. The number of aliphatic carboxylic acids is 1. The lowest BCUT2D eigenvalue weighted by Gasteiger charge is -2.20. The minimum absolute atomic E-state index is 0.284. The van der Waals surface area contributed by atoms with Gasteiger partial charge in [0.2, 0.25) is 0 Å². The fourth-order valence-electron chi connectivity index (χ4n) is 0.652. The van der Waals surface area contributed by atoms with Crippen LogP contribution >= 0.6 is 35.8 Å². The van der Waals surface area contributed by atoms with Crippen molar-refractivity contribution in [2.45, 2.75) is 17.6 Å². The molecule has 0 atom stereocenters. The molecule has 0 unspecified atom stereocenters. The van der Waals surface area contributed by atoms with Gasteiger partial charge in [-0.1, -0.05) is 0 Å². The maximum absolute atomic E-state index is 10.6. The molecule has 5 heteroatoms. The predicted molar refractivity (Wildman–Crippen MR) is 50.0 cm³/mol. The van der Waals surface area contributed by atoms with E-state index in [0.29, 0.717) is 12.8 Å². The summed E-state index contributed by atoms with van der Waals surface area (Å²) in [5.41, 5.74) is 0. The highest BCUT2D eigenvalue weighted by Crippen LogP contribution is 2.25. The fraction of sp³-hybridized carbons (Fsp3) is 0.833. The zero-order valence-electron chi connectivity index (χ0n) is 5.89. The van der Waals surface area contributed by atoms with Crippen molar-refractivity contribution in [1.82, 2.24) is 0 Å². The molecular formula is C6H10Cl2O2S. The van der Waals surface area contributed by atoms with E-state index >= 15 is 0 Å². The van der Waals surface area contributed by atoms with Crippen LogP contribution in [-0.4, -0.2) is 27.6 Å². The van der Waals surface area contributed by atoms with E-state index in [1.54, 1.807) is 0 Å². The second-order valence-electron chi connectivity index (χ2n) is 2.21. The van der Waals surface area contributed by atoms with E-state index in [0.717, 1.165) is 0 Å². The summed E-state index contributed by atoms with van der Waals surface area (Å²) in [6.07, 6.45) is 0.666. The molecule has 0 saturated carbocycles. The highest BCUT2D eigenvalue weighted by Gasteiger charge is 2.32. The molecule has 11 heavy (non-hydrogen) atoms. The van der Waals surface area contributed by atoms with E-state index in [4.69, 9.17) is 28.3 Å². The molecule has 0 amide bonds. The smallest absolute Gasteiger partial charge is 0.319 e. The molecule has 0 aliphatic rings. The Morgan fingerprint density at radius 2 is 1.73 bits per heavy atom. The van der Waals surface area contributed by atoms with Crippen LogP contribution < -0.4 is 0 Å². The van der Waals surface area contributed by atoms with Crippen LogP contribution in [-0.2, 0) is 4.79 Å². The molecule has 1 N–H and O–H groups in total. The van der Waals surface area contributed by atoms with E-state index in [1.807, 2.05) is 0 Å². The first-order valence-electron chi connectivity index (χ1n) is 3.14. The topological polar surface area (TPSA) is 37.3 Å².